The zero-order valence-corrected chi connectivity index (χ0v) is 47.7. The zero-order valence-electron chi connectivity index (χ0n) is 47.7. The minimum absolute atomic E-state index is 0.476. The summed E-state index contributed by atoms with van der Waals surface area (Å²) in [4.78, 5) is 2.48. The van der Waals surface area contributed by atoms with Gasteiger partial charge in [0.25, 0.3) is 0 Å². The molecule has 2 aliphatic rings. The van der Waals surface area contributed by atoms with Crippen LogP contribution in [0.15, 0.2) is 340 Å². The smallest absolute Gasteiger partial charge is 0.0726 e. The molecule has 15 aromatic rings. The predicted molar refractivity (Wildman–Crippen MR) is 364 cm³/mol. The molecule has 0 N–H and O–H groups in total. The van der Waals surface area contributed by atoms with Crippen LogP contribution in [0.3, 0.4) is 0 Å². The van der Waals surface area contributed by atoms with Crippen LogP contribution in [0.25, 0.3) is 117 Å². The van der Waals surface area contributed by atoms with Crippen LogP contribution in [0.5, 0.6) is 0 Å². The first-order valence-corrected chi connectivity index (χ1v) is 30.1. The maximum atomic E-state index is 2.50. The molecule has 1 spiro atoms. The molecule has 406 valence electrons. The molecule has 0 unspecified atom stereocenters. The Morgan fingerprint density at radius 3 is 1.08 bits per heavy atom. The van der Waals surface area contributed by atoms with E-state index in [1.807, 2.05) is 0 Å². The van der Waals surface area contributed by atoms with Gasteiger partial charge in [0, 0.05) is 33.4 Å². The highest BCUT2D eigenvalue weighted by Crippen LogP contribution is 2.63. The molecule has 0 bridgehead atoms. The molecule has 0 amide bonds. The van der Waals surface area contributed by atoms with E-state index in [0.29, 0.717) is 0 Å². The van der Waals surface area contributed by atoms with Gasteiger partial charge in [0.2, 0.25) is 0 Å². The van der Waals surface area contributed by atoms with Gasteiger partial charge in [-0.3, -0.25) is 0 Å². The van der Waals surface area contributed by atoms with Crippen LogP contribution in [0.1, 0.15) is 22.3 Å². The predicted octanol–water partition coefficient (Wildman–Crippen LogP) is 22.6. The van der Waals surface area contributed by atoms with Gasteiger partial charge in [0.05, 0.1) is 22.1 Å². The van der Waals surface area contributed by atoms with Crippen molar-refractivity contribution in [2.75, 3.05) is 4.90 Å². The Labute approximate surface area is 507 Å². The van der Waals surface area contributed by atoms with E-state index in [4.69, 9.17) is 0 Å². The first kappa shape index (κ1) is 50.2. The summed E-state index contributed by atoms with van der Waals surface area (Å²) in [6, 6.07) is 126. The van der Waals surface area contributed by atoms with E-state index in [-0.39, 0.29) is 0 Å². The second kappa shape index (κ2) is 20.5. The average molecular weight is 1110 g/mol. The number of hydrogen-bond donors (Lipinski definition) is 0. The van der Waals surface area contributed by atoms with Gasteiger partial charge in [0.15, 0.2) is 0 Å². The van der Waals surface area contributed by atoms with E-state index < -0.39 is 5.41 Å². The van der Waals surface area contributed by atoms with Gasteiger partial charge in [-0.25, -0.2) is 0 Å². The third-order valence-electron chi connectivity index (χ3n) is 18.4. The summed E-state index contributed by atoms with van der Waals surface area (Å²) >= 11 is 0. The fraction of sp³-hybridized carbons (Fsp3) is 0.0118. The van der Waals surface area contributed by atoms with Crippen LogP contribution in [0, 0.1) is 0 Å². The van der Waals surface area contributed by atoms with Crippen molar-refractivity contribution in [3.05, 3.63) is 362 Å². The van der Waals surface area contributed by atoms with E-state index in [2.05, 4.69) is 349 Å². The van der Waals surface area contributed by atoms with Gasteiger partial charge in [-0.2, -0.15) is 0 Å². The van der Waals surface area contributed by atoms with Crippen LogP contribution >= 0.6 is 0 Å². The first-order chi connectivity index (χ1) is 43.1. The summed E-state index contributed by atoms with van der Waals surface area (Å²) in [5.74, 6) is 0. The highest BCUT2D eigenvalue weighted by molar-refractivity contribution is 6.12. The largest absolute Gasteiger partial charge is 0.310 e. The first-order valence-electron chi connectivity index (χ1n) is 30.1. The number of nitrogens with zero attached hydrogens (tertiary/aromatic N) is 2. The van der Waals surface area contributed by atoms with Crippen LogP contribution < -0.4 is 4.90 Å². The van der Waals surface area contributed by atoms with Crippen molar-refractivity contribution >= 4 is 38.9 Å². The van der Waals surface area contributed by atoms with E-state index >= 15 is 0 Å². The van der Waals surface area contributed by atoms with Gasteiger partial charge < -0.3 is 9.47 Å². The van der Waals surface area contributed by atoms with E-state index in [0.717, 1.165) is 45.0 Å². The summed E-state index contributed by atoms with van der Waals surface area (Å²) in [5, 5.41) is 2.48. The molecule has 0 aliphatic heterocycles. The number of fused-ring (bicyclic) bond motifs is 13. The van der Waals surface area contributed by atoms with Crippen LogP contribution in [-0.4, -0.2) is 4.57 Å². The highest BCUT2D eigenvalue weighted by Gasteiger charge is 2.51. The van der Waals surface area contributed by atoms with Gasteiger partial charge in [-0.05, 0) is 179 Å². The second-order valence-electron chi connectivity index (χ2n) is 23.1. The van der Waals surface area contributed by atoms with Gasteiger partial charge in [-0.1, -0.05) is 267 Å². The van der Waals surface area contributed by atoms with Crippen molar-refractivity contribution in [3.8, 4) is 94.7 Å². The summed E-state index contributed by atoms with van der Waals surface area (Å²) < 4.78 is 2.42. The lowest BCUT2D eigenvalue weighted by Crippen LogP contribution is -2.26. The molecule has 0 atom stereocenters. The number of benzene rings is 14. The summed E-state index contributed by atoms with van der Waals surface area (Å²) in [6.07, 6.45) is 0. The molecule has 1 aromatic heterocycles. The van der Waals surface area contributed by atoms with Crippen LogP contribution in [-0.2, 0) is 5.41 Å². The van der Waals surface area contributed by atoms with Crippen LogP contribution in [0.4, 0.5) is 17.1 Å². The molecular weight excluding hydrogens is 1050 g/mol. The maximum absolute atomic E-state index is 2.50. The Morgan fingerprint density at radius 2 is 0.575 bits per heavy atom. The normalized spacial score (nSPS) is 12.5. The number of para-hydroxylation sites is 1. The Bertz CT molecular complexity index is 4960. The Balaban J connectivity index is 0.736. The lowest BCUT2D eigenvalue weighted by Gasteiger charge is -2.32. The molecule has 1 heterocycles. The molecule has 0 fully saturated rings. The van der Waals surface area contributed by atoms with Crippen molar-refractivity contribution in [3.63, 3.8) is 0 Å². The summed E-state index contributed by atoms with van der Waals surface area (Å²) in [6.45, 7) is 0. The van der Waals surface area contributed by atoms with Crippen molar-refractivity contribution in [2.45, 2.75) is 5.41 Å². The minimum Gasteiger partial charge on any atom is -0.310 e. The standard InChI is InChI=1S/C85H56N2/c1-4-19-57(20-5-1)64-25-18-26-67(53-64)71-27-13-17-34-82(71)86(70-49-50-75-74-30-12-16-33-80(74)85(81(75)56-70)78-31-14-10-28-72(78)73-29-11-15-32-79(73)85)68-45-39-62(40-46-68)60-35-37-61(38-36-60)63-41-47-69(48-42-63)87-83-51-43-65(58-21-6-2-7-22-58)54-76(83)77-55-66(44-52-84(77)87)59-23-8-3-9-24-59/h1-56H. The topological polar surface area (TPSA) is 8.17 Å². The minimum atomic E-state index is -0.476. The van der Waals surface area contributed by atoms with Crippen LogP contribution in [0.2, 0.25) is 0 Å². The lowest BCUT2D eigenvalue weighted by atomic mass is 9.70. The fourth-order valence-corrected chi connectivity index (χ4v) is 14.4. The Morgan fingerprint density at radius 1 is 0.218 bits per heavy atom. The third kappa shape index (κ3) is 8.17. The number of hydrogen-bond acceptors (Lipinski definition) is 1. The summed E-state index contributed by atoms with van der Waals surface area (Å²) in [7, 11) is 0. The SMILES string of the molecule is c1ccc(-c2cccc(-c3ccccc3N(c3ccc(-c4ccc(-c5ccc(-n6c7ccc(-c8ccccc8)cc7c7cc(-c8ccccc8)ccc76)cc5)cc4)cc3)c3ccc4c(c3)C3(c5ccccc5-c5ccccc53)c3ccccc3-4)c2)cc1. The average Bonchev–Trinajstić information content (AvgIpc) is 1.53. The van der Waals surface area contributed by atoms with Crippen molar-refractivity contribution < 1.29 is 0 Å². The number of anilines is 3. The molecular formula is C85H56N2. The molecule has 2 nitrogen and oxygen atoms in total. The lowest BCUT2D eigenvalue weighted by molar-refractivity contribution is 0.793. The van der Waals surface area contributed by atoms with E-state index in [9.17, 15) is 0 Å². The van der Waals surface area contributed by atoms with Gasteiger partial charge in [-0.15, -0.1) is 0 Å². The molecule has 17 rings (SSSR count). The molecule has 87 heavy (non-hydrogen) atoms. The molecule has 0 saturated carbocycles. The number of aromatic nitrogens is 1. The van der Waals surface area contributed by atoms with Gasteiger partial charge in [0.1, 0.15) is 0 Å². The molecule has 0 radical (unpaired) electrons. The Kier molecular flexibility index (Phi) is 11.8. The quantitative estimate of drug-likeness (QED) is 0.132. The summed E-state index contributed by atoms with van der Waals surface area (Å²) in [5.41, 5.74) is 31.0. The highest BCUT2D eigenvalue weighted by atomic mass is 15.1. The van der Waals surface area contributed by atoms with Gasteiger partial charge >= 0.3 is 0 Å². The number of rotatable bonds is 10. The zero-order chi connectivity index (χ0) is 57.4. The molecule has 0 saturated heterocycles. The van der Waals surface area contributed by atoms with E-state index in [1.165, 1.54) is 111 Å². The molecule has 2 aliphatic carbocycles. The third-order valence-corrected chi connectivity index (χ3v) is 18.4. The maximum Gasteiger partial charge on any atom is 0.0726 e. The Hall–Kier alpha value is -11.3. The van der Waals surface area contributed by atoms with E-state index in [1.54, 1.807) is 0 Å². The second-order valence-corrected chi connectivity index (χ2v) is 23.1. The van der Waals surface area contributed by atoms with Crippen molar-refractivity contribution in [2.24, 2.45) is 0 Å². The molecule has 2 heteroatoms. The molecule has 14 aromatic carbocycles. The fourth-order valence-electron chi connectivity index (χ4n) is 14.4. The van der Waals surface area contributed by atoms with Crippen molar-refractivity contribution in [1.82, 2.24) is 4.57 Å². The van der Waals surface area contributed by atoms with Crippen molar-refractivity contribution in [1.29, 1.82) is 0 Å². The monoisotopic (exact) mass is 1100 g/mol.